The molecule has 0 aromatic heterocycles. The molecule has 4 heterocycles. The highest BCUT2D eigenvalue weighted by molar-refractivity contribution is 5.13. The van der Waals surface area contributed by atoms with Crippen LogP contribution in [0, 0.1) is 105 Å². The molecule has 11 rings (SSSR count). The number of fused-ring (bicyclic) bond motifs is 9. The lowest BCUT2D eigenvalue weighted by Crippen LogP contribution is -2.57. The van der Waals surface area contributed by atoms with Crippen molar-refractivity contribution < 1.29 is 4.74 Å². The maximum Gasteiger partial charge on any atom is 0.0659 e. The van der Waals surface area contributed by atoms with Crippen LogP contribution in [0.3, 0.4) is 0 Å². The van der Waals surface area contributed by atoms with Crippen LogP contribution in [0.5, 0.6) is 0 Å². The summed E-state index contributed by atoms with van der Waals surface area (Å²) in [6, 6.07) is 13.0. The number of likely N-dealkylation sites (tertiary alicyclic amines) is 2. The van der Waals surface area contributed by atoms with E-state index in [2.05, 4.69) is 33.3 Å². The third-order valence-electron chi connectivity index (χ3n) is 20.4. The molecule has 310 valence electrons. The highest BCUT2D eigenvalue weighted by Crippen LogP contribution is 2.58. The summed E-state index contributed by atoms with van der Waals surface area (Å²) in [5, 5.41) is 34.0. The van der Waals surface area contributed by atoms with Gasteiger partial charge in [-0.15, -0.1) is 0 Å². The standard InChI is InChI=1S/C50H74N6O/c51-26-30-21-33(27-52)50(34(22-30)28-53)32-15-13-31(14-16-32)43-23-40-37-7-1-5-11-45(37)56(47(40)29-54-43)36-19-17-35(18-20-36)55-44-10-4-2-8-38(44)41-25-49-42(24-46(41)55)39-9-3-6-12-48(39)57-49/h30-50,54H,1-25,29H2. The van der Waals surface area contributed by atoms with E-state index in [1.807, 2.05) is 0 Å². The molecule has 7 nitrogen and oxygen atoms in total. The minimum atomic E-state index is -0.131. The summed E-state index contributed by atoms with van der Waals surface area (Å²) >= 11 is 0. The summed E-state index contributed by atoms with van der Waals surface area (Å²) in [6.07, 6.45) is 34.6. The predicted octanol–water partition coefficient (Wildman–Crippen LogP) is 9.38. The Morgan fingerprint density at radius 1 is 0.439 bits per heavy atom. The second kappa shape index (κ2) is 16.0. The summed E-state index contributed by atoms with van der Waals surface area (Å²) in [5.74, 6) is 6.29. The first-order valence-corrected chi connectivity index (χ1v) is 25.2. The molecule has 4 saturated heterocycles. The van der Waals surface area contributed by atoms with Crippen molar-refractivity contribution in [3.63, 3.8) is 0 Å². The second-order valence-corrected chi connectivity index (χ2v) is 22.4. The van der Waals surface area contributed by atoms with E-state index in [-0.39, 0.29) is 23.7 Å². The quantitative estimate of drug-likeness (QED) is 0.304. The van der Waals surface area contributed by atoms with Crippen molar-refractivity contribution in [3.8, 4) is 18.2 Å². The predicted molar refractivity (Wildman–Crippen MR) is 221 cm³/mol. The number of hydrogen-bond donors (Lipinski definition) is 1. The van der Waals surface area contributed by atoms with Gasteiger partial charge in [0.15, 0.2) is 0 Å². The molecule has 0 spiro atoms. The van der Waals surface area contributed by atoms with E-state index < -0.39 is 0 Å². The molecule has 7 heteroatoms. The van der Waals surface area contributed by atoms with Gasteiger partial charge in [0.2, 0.25) is 0 Å². The number of ether oxygens (including phenoxy) is 1. The van der Waals surface area contributed by atoms with Crippen LogP contribution < -0.4 is 5.32 Å². The zero-order valence-electron chi connectivity index (χ0n) is 35.2. The highest BCUT2D eigenvalue weighted by Gasteiger charge is 2.60. The van der Waals surface area contributed by atoms with Gasteiger partial charge in [-0.1, -0.05) is 38.5 Å². The Hall–Kier alpha value is -1.69. The van der Waals surface area contributed by atoms with E-state index in [0.29, 0.717) is 37.0 Å². The van der Waals surface area contributed by atoms with Crippen molar-refractivity contribution in [2.45, 2.75) is 215 Å². The smallest absolute Gasteiger partial charge is 0.0659 e. The number of nitrogens with one attached hydrogen (secondary N) is 1. The Bertz CT molecular complexity index is 1540. The Morgan fingerprint density at radius 2 is 1.00 bits per heavy atom. The van der Waals surface area contributed by atoms with Gasteiger partial charge < -0.3 is 10.1 Å². The van der Waals surface area contributed by atoms with Crippen molar-refractivity contribution in [1.82, 2.24) is 15.1 Å². The van der Waals surface area contributed by atoms with Crippen molar-refractivity contribution in [1.29, 1.82) is 15.8 Å². The molecule has 57 heavy (non-hydrogen) atoms. The lowest BCUT2D eigenvalue weighted by atomic mass is 9.60. The number of piperidine rings is 1. The van der Waals surface area contributed by atoms with Crippen LogP contribution in [0.25, 0.3) is 0 Å². The largest absolute Gasteiger partial charge is 0.374 e. The van der Waals surface area contributed by atoms with Gasteiger partial charge in [-0.25, -0.2) is 0 Å². The Morgan fingerprint density at radius 3 is 1.63 bits per heavy atom. The summed E-state index contributed by atoms with van der Waals surface area (Å²) in [6.45, 7) is 1.19. The molecule has 4 aliphatic heterocycles. The molecule has 15 unspecified atom stereocenters. The molecule has 0 amide bonds. The van der Waals surface area contributed by atoms with E-state index in [1.165, 1.54) is 141 Å². The van der Waals surface area contributed by atoms with E-state index in [1.54, 1.807) is 0 Å². The average Bonchev–Trinajstić information content (AvgIpc) is 3.92. The third-order valence-corrected chi connectivity index (χ3v) is 20.4. The number of hydrogen-bond acceptors (Lipinski definition) is 7. The summed E-state index contributed by atoms with van der Waals surface area (Å²) in [4.78, 5) is 6.47. The molecule has 11 aliphatic rings. The van der Waals surface area contributed by atoms with Crippen LogP contribution in [0.2, 0.25) is 0 Å². The minimum Gasteiger partial charge on any atom is -0.374 e. The molecule has 15 atom stereocenters. The van der Waals surface area contributed by atoms with Crippen LogP contribution in [-0.2, 0) is 4.74 Å². The van der Waals surface area contributed by atoms with Crippen LogP contribution >= 0.6 is 0 Å². The lowest BCUT2D eigenvalue weighted by Gasteiger charge is -2.49. The molecular formula is C50H74N6O. The molecule has 0 radical (unpaired) electrons. The normalized spacial score (nSPS) is 53.7. The minimum absolute atomic E-state index is 0.130. The summed E-state index contributed by atoms with van der Waals surface area (Å²) in [7, 11) is 0. The van der Waals surface area contributed by atoms with Gasteiger partial charge in [-0.2, -0.15) is 15.8 Å². The van der Waals surface area contributed by atoms with Crippen LogP contribution in [0.1, 0.15) is 161 Å². The first-order valence-electron chi connectivity index (χ1n) is 25.2. The average molecular weight is 775 g/mol. The van der Waals surface area contributed by atoms with Gasteiger partial charge in [-0.05, 0) is 175 Å². The van der Waals surface area contributed by atoms with Crippen molar-refractivity contribution in [2.24, 2.45) is 71.0 Å². The van der Waals surface area contributed by atoms with Crippen LogP contribution in [0.15, 0.2) is 0 Å². The van der Waals surface area contributed by atoms with Crippen molar-refractivity contribution in [3.05, 3.63) is 0 Å². The molecule has 0 aromatic carbocycles. The van der Waals surface area contributed by atoms with Gasteiger partial charge in [0, 0.05) is 54.8 Å². The third kappa shape index (κ3) is 6.58. The zero-order valence-corrected chi connectivity index (χ0v) is 35.2. The topological polar surface area (TPSA) is 99.1 Å². The fourth-order valence-corrected chi connectivity index (χ4v) is 18.3. The van der Waals surface area contributed by atoms with Crippen molar-refractivity contribution in [2.75, 3.05) is 6.54 Å². The molecule has 7 saturated carbocycles. The summed E-state index contributed by atoms with van der Waals surface area (Å²) < 4.78 is 6.93. The maximum atomic E-state index is 10.1. The van der Waals surface area contributed by atoms with Gasteiger partial charge in [0.05, 0.1) is 42.3 Å². The number of nitriles is 3. The fraction of sp³-hybridized carbons (Fsp3) is 0.940. The van der Waals surface area contributed by atoms with Crippen LogP contribution in [-0.4, -0.2) is 70.8 Å². The van der Waals surface area contributed by atoms with E-state index in [4.69, 9.17) is 4.74 Å². The van der Waals surface area contributed by atoms with E-state index in [9.17, 15) is 15.8 Å². The Labute approximate surface area is 345 Å². The monoisotopic (exact) mass is 775 g/mol. The molecule has 11 fully saturated rings. The highest BCUT2D eigenvalue weighted by atomic mass is 16.5. The second-order valence-electron chi connectivity index (χ2n) is 22.4. The Kier molecular flexibility index (Phi) is 10.7. The first-order chi connectivity index (χ1) is 28.1. The Balaban J connectivity index is 0.741. The van der Waals surface area contributed by atoms with Gasteiger partial charge in [0.25, 0.3) is 0 Å². The van der Waals surface area contributed by atoms with Crippen LogP contribution in [0.4, 0.5) is 0 Å². The summed E-state index contributed by atoms with van der Waals surface area (Å²) in [5.41, 5.74) is 0. The molecule has 7 aliphatic carbocycles. The van der Waals surface area contributed by atoms with Gasteiger partial charge in [0.1, 0.15) is 0 Å². The van der Waals surface area contributed by atoms with Crippen molar-refractivity contribution >= 4 is 0 Å². The van der Waals surface area contributed by atoms with Gasteiger partial charge in [-0.3, -0.25) is 9.80 Å². The molecular weight excluding hydrogens is 701 g/mol. The fourth-order valence-electron chi connectivity index (χ4n) is 18.3. The number of nitrogens with zero attached hydrogens (tertiary/aromatic N) is 5. The first kappa shape index (κ1) is 38.2. The maximum absolute atomic E-state index is 10.1. The van der Waals surface area contributed by atoms with E-state index in [0.717, 1.165) is 90.5 Å². The SMILES string of the molecule is N#CC1CC(C#N)C(C2CCC(C3CC4C5CCCCC5N(C5CCC(N6C7CCCCC7C7CC8OC9CCCCC9C8CC76)CC5)C4CN3)CC2)C(C#N)C1. The molecule has 0 aromatic rings. The molecule has 0 bridgehead atoms. The number of rotatable bonds is 4. The zero-order chi connectivity index (χ0) is 38.2. The van der Waals surface area contributed by atoms with Gasteiger partial charge >= 0.3 is 0 Å². The van der Waals surface area contributed by atoms with E-state index >= 15 is 0 Å². The molecule has 1 N–H and O–H groups in total. The lowest BCUT2D eigenvalue weighted by molar-refractivity contribution is -0.0239.